The van der Waals surface area contributed by atoms with Gasteiger partial charge in [-0.1, -0.05) is 26.0 Å². The highest BCUT2D eigenvalue weighted by molar-refractivity contribution is 5.92. The molecule has 0 saturated carbocycles. The number of amides is 2. The number of hydrogen-bond donors (Lipinski definition) is 3. The van der Waals surface area contributed by atoms with Crippen LogP contribution in [0.4, 0.5) is 5.69 Å². The maximum absolute atomic E-state index is 12.0. The third kappa shape index (κ3) is 6.89. The summed E-state index contributed by atoms with van der Waals surface area (Å²) in [7, 11) is 0. The number of nitrogens with one attached hydrogen (secondary N) is 3. The molecule has 1 aromatic rings. The Morgan fingerprint density at radius 3 is 2.38 bits per heavy atom. The van der Waals surface area contributed by atoms with Crippen molar-refractivity contribution in [1.29, 1.82) is 0 Å². The minimum atomic E-state index is -0.0380. The highest BCUT2D eigenvalue weighted by atomic mass is 35.5. The summed E-state index contributed by atoms with van der Waals surface area (Å²) in [6.45, 7) is 6.29. The second-order valence-electron chi connectivity index (χ2n) is 6.52. The molecule has 1 fully saturated rings. The number of carbonyl (C=O) groups excluding carboxylic acids is 2. The van der Waals surface area contributed by atoms with E-state index in [9.17, 15) is 9.59 Å². The maximum Gasteiger partial charge on any atom is 0.226 e. The number of benzene rings is 1. The molecule has 0 bridgehead atoms. The molecule has 0 aliphatic carbocycles. The lowest BCUT2D eigenvalue weighted by Crippen LogP contribution is -2.32. The average molecular weight is 354 g/mol. The van der Waals surface area contributed by atoms with Gasteiger partial charge in [-0.05, 0) is 49.5 Å². The lowest BCUT2D eigenvalue weighted by Gasteiger charge is -2.21. The summed E-state index contributed by atoms with van der Waals surface area (Å²) in [5.41, 5.74) is 1.82. The van der Waals surface area contributed by atoms with Crippen LogP contribution in [0.2, 0.25) is 0 Å². The maximum atomic E-state index is 12.0. The molecule has 0 unspecified atom stereocenters. The lowest BCUT2D eigenvalue weighted by atomic mass is 9.94. The number of rotatable bonds is 6. The van der Waals surface area contributed by atoms with Gasteiger partial charge in [0.05, 0.1) is 0 Å². The van der Waals surface area contributed by atoms with Crippen molar-refractivity contribution < 1.29 is 9.59 Å². The molecule has 1 aliphatic rings. The van der Waals surface area contributed by atoms with E-state index in [1.54, 1.807) is 0 Å². The van der Waals surface area contributed by atoms with Crippen LogP contribution in [0.1, 0.15) is 38.7 Å². The third-order valence-electron chi connectivity index (χ3n) is 4.17. The molecule has 1 aromatic carbocycles. The van der Waals surface area contributed by atoms with Crippen molar-refractivity contribution in [1.82, 2.24) is 10.6 Å². The van der Waals surface area contributed by atoms with Gasteiger partial charge in [-0.3, -0.25) is 9.59 Å². The van der Waals surface area contributed by atoms with E-state index in [1.807, 2.05) is 38.1 Å². The fraction of sp³-hybridized carbons (Fsp3) is 0.556. The molecule has 5 nitrogen and oxygen atoms in total. The fourth-order valence-corrected chi connectivity index (χ4v) is 2.61. The molecule has 2 amide bonds. The Morgan fingerprint density at radius 1 is 1.17 bits per heavy atom. The molecule has 2 rings (SSSR count). The summed E-state index contributed by atoms with van der Waals surface area (Å²) < 4.78 is 0. The van der Waals surface area contributed by atoms with Crippen molar-refractivity contribution in [3.8, 4) is 0 Å². The smallest absolute Gasteiger partial charge is 0.226 e. The van der Waals surface area contributed by atoms with E-state index in [-0.39, 0.29) is 30.1 Å². The van der Waals surface area contributed by atoms with Gasteiger partial charge in [0.25, 0.3) is 0 Å². The molecule has 1 heterocycles. The molecular weight excluding hydrogens is 326 g/mol. The number of hydrogen-bond acceptors (Lipinski definition) is 3. The van der Waals surface area contributed by atoms with Crippen molar-refractivity contribution in [3.63, 3.8) is 0 Å². The third-order valence-corrected chi connectivity index (χ3v) is 4.17. The molecule has 24 heavy (non-hydrogen) atoms. The second kappa shape index (κ2) is 10.3. The van der Waals surface area contributed by atoms with Crippen molar-refractivity contribution in [2.24, 2.45) is 11.8 Å². The molecular formula is C18H28ClN3O2. The highest BCUT2D eigenvalue weighted by Gasteiger charge is 2.16. The molecule has 0 atom stereocenters. The van der Waals surface area contributed by atoms with E-state index in [4.69, 9.17) is 0 Å². The Hall–Kier alpha value is -1.59. The second-order valence-corrected chi connectivity index (χ2v) is 6.52. The van der Waals surface area contributed by atoms with E-state index >= 15 is 0 Å². The Labute approximate surface area is 150 Å². The fourth-order valence-electron chi connectivity index (χ4n) is 2.61. The van der Waals surface area contributed by atoms with Gasteiger partial charge in [-0.25, -0.2) is 0 Å². The molecule has 1 aliphatic heterocycles. The van der Waals surface area contributed by atoms with E-state index in [0.717, 1.165) is 37.2 Å². The van der Waals surface area contributed by atoms with Crippen LogP contribution < -0.4 is 16.0 Å². The van der Waals surface area contributed by atoms with Gasteiger partial charge in [0, 0.05) is 24.6 Å². The summed E-state index contributed by atoms with van der Waals surface area (Å²) in [5, 5.41) is 9.14. The monoisotopic (exact) mass is 353 g/mol. The molecule has 3 N–H and O–H groups in total. The van der Waals surface area contributed by atoms with Crippen molar-refractivity contribution >= 4 is 29.9 Å². The van der Waals surface area contributed by atoms with Gasteiger partial charge in [-0.15, -0.1) is 12.4 Å². The largest absolute Gasteiger partial charge is 0.352 e. The van der Waals surface area contributed by atoms with Gasteiger partial charge in [-0.2, -0.15) is 0 Å². The summed E-state index contributed by atoms with van der Waals surface area (Å²) >= 11 is 0. The van der Waals surface area contributed by atoms with Crippen LogP contribution in [-0.4, -0.2) is 24.9 Å². The quantitative estimate of drug-likeness (QED) is 0.736. The van der Waals surface area contributed by atoms with E-state index in [2.05, 4.69) is 16.0 Å². The number of halogens is 1. The summed E-state index contributed by atoms with van der Waals surface area (Å²) in [6.07, 6.45) is 2.78. The SMILES string of the molecule is CC(C)C(=O)Nc1ccc(CNC(=O)CC2CCNCC2)cc1.Cl. The summed E-state index contributed by atoms with van der Waals surface area (Å²) in [4.78, 5) is 23.6. The van der Waals surface area contributed by atoms with E-state index in [1.165, 1.54) is 0 Å². The Balaban J connectivity index is 0.00000288. The topological polar surface area (TPSA) is 70.2 Å². The Kier molecular flexibility index (Phi) is 8.79. The first-order chi connectivity index (χ1) is 11.0. The van der Waals surface area contributed by atoms with Crippen molar-refractivity contribution in [2.75, 3.05) is 18.4 Å². The van der Waals surface area contributed by atoms with Gasteiger partial charge in [0.1, 0.15) is 0 Å². The summed E-state index contributed by atoms with van der Waals surface area (Å²) in [5.74, 6) is 0.593. The van der Waals surface area contributed by atoms with Crippen molar-refractivity contribution in [2.45, 2.75) is 39.7 Å². The number of piperidine rings is 1. The van der Waals surface area contributed by atoms with Crippen LogP contribution in [0.25, 0.3) is 0 Å². The van der Waals surface area contributed by atoms with Crippen LogP contribution in [0.15, 0.2) is 24.3 Å². The van der Waals surface area contributed by atoms with Crippen LogP contribution in [-0.2, 0) is 16.1 Å². The first kappa shape index (κ1) is 20.5. The van der Waals surface area contributed by atoms with Gasteiger partial charge in [0.2, 0.25) is 11.8 Å². The van der Waals surface area contributed by atoms with Gasteiger partial charge >= 0.3 is 0 Å². The molecule has 6 heteroatoms. The van der Waals surface area contributed by atoms with Gasteiger partial charge < -0.3 is 16.0 Å². The molecule has 1 saturated heterocycles. The first-order valence-electron chi connectivity index (χ1n) is 8.42. The molecule has 0 spiro atoms. The minimum absolute atomic E-state index is 0. The van der Waals surface area contributed by atoms with E-state index in [0.29, 0.717) is 18.9 Å². The lowest BCUT2D eigenvalue weighted by molar-refractivity contribution is -0.122. The zero-order valence-corrected chi connectivity index (χ0v) is 15.2. The first-order valence-corrected chi connectivity index (χ1v) is 8.42. The highest BCUT2D eigenvalue weighted by Crippen LogP contribution is 2.16. The predicted octanol–water partition coefficient (Wildman–Crippen LogP) is 2.71. The van der Waals surface area contributed by atoms with Crippen LogP contribution >= 0.6 is 12.4 Å². The van der Waals surface area contributed by atoms with Crippen LogP contribution in [0, 0.1) is 11.8 Å². The standard InChI is InChI=1S/C18H27N3O2.ClH/c1-13(2)18(23)21-16-5-3-15(4-6-16)12-20-17(22)11-14-7-9-19-10-8-14;/h3-6,13-14,19H,7-12H2,1-2H3,(H,20,22)(H,21,23);1H. The molecule has 0 radical (unpaired) electrons. The zero-order valence-electron chi connectivity index (χ0n) is 14.4. The number of carbonyl (C=O) groups is 2. The Morgan fingerprint density at radius 2 is 1.79 bits per heavy atom. The molecule has 0 aromatic heterocycles. The molecule has 134 valence electrons. The average Bonchev–Trinajstić information content (AvgIpc) is 2.55. The zero-order chi connectivity index (χ0) is 16.7. The van der Waals surface area contributed by atoms with Gasteiger partial charge in [0.15, 0.2) is 0 Å². The van der Waals surface area contributed by atoms with Crippen LogP contribution in [0.3, 0.4) is 0 Å². The Bertz CT molecular complexity index is 526. The van der Waals surface area contributed by atoms with Crippen molar-refractivity contribution in [3.05, 3.63) is 29.8 Å². The minimum Gasteiger partial charge on any atom is -0.352 e. The summed E-state index contributed by atoms with van der Waals surface area (Å²) in [6, 6.07) is 7.60. The van der Waals surface area contributed by atoms with E-state index < -0.39 is 0 Å². The predicted molar refractivity (Wildman–Crippen MR) is 99.2 cm³/mol. The normalized spacial score (nSPS) is 14.8. The number of anilines is 1. The van der Waals surface area contributed by atoms with Crippen LogP contribution in [0.5, 0.6) is 0 Å².